The summed E-state index contributed by atoms with van der Waals surface area (Å²) in [5, 5.41) is 11.8. The summed E-state index contributed by atoms with van der Waals surface area (Å²) >= 11 is 0. The number of urea groups is 1. The van der Waals surface area contributed by atoms with Crippen LogP contribution in [0.2, 0.25) is 0 Å². The first kappa shape index (κ1) is 15.1. The highest BCUT2D eigenvalue weighted by molar-refractivity contribution is 5.80. The van der Waals surface area contributed by atoms with Gasteiger partial charge < -0.3 is 15.3 Å². The summed E-state index contributed by atoms with van der Waals surface area (Å²) in [6.07, 6.45) is 7.17. The number of hydrogen-bond donors (Lipinski definition) is 2. The number of aliphatic carboxylic acids is 1. The number of rotatable bonds is 6. The molecule has 5 heteroatoms. The number of carbonyl (C=O) groups is 2. The standard InChI is InChI=1S/C15H26N2O3/c1-11-4-2-3-5-13(11)8-16-15(20)17(10-14(18)19)9-12-6-7-12/h11-13H,2-10H2,1H3,(H,16,20)(H,18,19). The second-order valence-electron chi connectivity index (χ2n) is 6.43. The van der Waals surface area contributed by atoms with E-state index in [0.29, 0.717) is 30.8 Å². The van der Waals surface area contributed by atoms with Crippen LogP contribution >= 0.6 is 0 Å². The maximum Gasteiger partial charge on any atom is 0.323 e. The number of nitrogens with zero attached hydrogens (tertiary/aromatic N) is 1. The van der Waals surface area contributed by atoms with Crippen molar-refractivity contribution < 1.29 is 14.7 Å². The zero-order chi connectivity index (χ0) is 14.5. The largest absolute Gasteiger partial charge is 0.480 e. The van der Waals surface area contributed by atoms with Gasteiger partial charge in [0.05, 0.1) is 0 Å². The third-order valence-electron chi connectivity index (χ3n) is 4.59. The quantitative estimate of drug-likeness (QED) is 0.785. The molecule has 2 aliphatic carbocycles. The molecule has 114 valence electrons. The molecule has 2 rings (SSSR count). The number of carbonyl (C=O) groups excluding carboxylic acids is 1. The molecule has 2 saturated carbocycles. The number of carboxylic acids is 1. The monoisotopic (exact) mass is 282 g/mol. The van der Waals surface area contributed by atoms with Crippen LogP contribution in [0.15, 0.2) is 0 Å². The zero-order valence-corrected chi connectivity index (χ0v) is 12.3. The van der Waals surface area contributed by atoms with E-state index in [4.69, 9.17) is 5.11 Å². The molecule has 0 bridgehead atoms. The highest BCUT2D eigenvalue weighted by Crippen LogP contribution is 2.30. The van der Waals surface area contributed by atoms with Crippen molar-refractivity contribution in [3.63, 3.8) is 0 Å². The van der Waals surface area contributed by atoms with Gasteiger partial charge in [-0.1, -0.05) is 26.2 Å². The Bertz CT molecular complexity index is 355. The Morgan fingerprint density at radius 2 is 1.90 bits per heavy atom. The van der Waals surface area contributed by atoms with Gasteiger partial charge in [0.2, 0.25) is 0 Å². The number of amides is 2. The average Bonchev–Trinajstić information content (AvgIpc) is 3.20. The predicted molar refractivity (Wildman–Crippen MR) is 76.5 cm³/mol. The Hall–Kier alpha value is -1.26. The lowest BCUT2D eigenvalue weighted by Gasteiger charge is -2.30. The van der Waals surface area contributed by atoms with Gasteiger partial charge in [-0.25, -0.2) is 4.79 Å². The molecular formula is C15H26N2O3. The smallest absolute Gasteiger partial charge is 0.323 e. The summed E-state index contributed by atoms with van der Waals surface area (Å²) in [4.78, 5) is 24.4. The van der Waals surface area contributed by atoms with Crippen LogP contribution in [-0.4, -0.2) is 41.6 Å². The van der Waals surface area contributed by atoms with E-state index >= 15 is 0 Å². The first-order valence-electron chi connectivity index (χ1n) is 7.81. The van der Waals surface area contributed by atoms with E-state index in [9.17, 15) is 9.59 Å². The molecule has 0 aliphatic heterocycles. The molecule has 0 radical (unpaired) electrons. The van der Waals surface area contributed by atoms with Crippen molar-refractivity contribution in [3.8, 4) is 0 Å². The van der Waals surface area contributed by atoms with Gasteiger partial charge >= 0.3 is 12.0 Å². The van der Waals surface area contributed by atoms with Crippen LogP contribution in [0.5, 0.6) is 0 Å². The number of nitrogens with one attached hydrogen (secondary N) is 1. The van der Waals surface area contributed by atoms with Crippen LogP contribution in [0.4, 0.5) is 4.79 Å². The second-order valence-corrected chi connectivity index (χ2v) is 6.43. The van der Waals surface area contributed by atoms with Crippen LogP contribution in [0.25, 0.3) is 0 Å². The third-order valence-corrected chi connectivity index (χ3v) is 4.59. The van der Waals surface area contributed by atoms with Gasteiger partial charge in [0, 0.05) is 13.1 Å². The normalized spacial score (nSPS) is 26.1. The van der Waals surface area contributed by atoms with Crippen molar-refractivity contribution in [1.29, 1.82) is 0 Å². The van der Waals surface area contributed by atoms with Gasteiger partial charge in [0.15, 0.2) is 0 Å². The molecule has 0 aromatic carbocycles. The van der Waals surface area contributed by atoms with Crippen molar-refractivity contribution >= 4 is 12.0 Å². The van der Waals surface area contributed by atoms with E-state index < -0.39 is 5.97 Å². The maximum absolute atomic E-state index is 12.1. The molecule has 0 saturated heterocycles. The maximum atomic E-state index is 12.1. The number of carboxylic acid groups (broad SMARTS) is 1. The summed E-state index contributed by atoms with van der Waals surface area (Å²) in [5.74, 6) is 0.765. The summed E-state index contributed by atoms with van der Waals surface area (Å²) < 4.78 is 0. The Balaban J connectivity index is 1.78. The minimum atomic E-state index is -0.938. The fourth-order valence-corrected chi connectivity index (χ4v) is 3.02. The van der Waals surface area contributed by atoms with Gasteiger partial charge in [0.25, 0.3) is 0 Å². The van der Waals surface area contributed by atoms with E-state index in [1.807, 2.05) is 0 Å². The highest BCUT2D eigenvalue weighted by atomic mass is 16.4. The number of hydrogen-bond acceptors (Lipinski definition) is 2. The minimum Gasteiger partial charge on any atom is -0.480 e. The molecule has 0 heterocycles. The van der Waals surface area contributed by atoms with Crippen LogP contribution in [0.1, 0.15) is 45.4 Å². The molecular weight excluding hydrogens is 256 g/mol. The highest BCUT2D eigenvalue weighted by Gasteiger charge is 2.28. The molecule has 0 aromatic rings. The summed E-state index contributed by atoms with van der Waals surface area (Å²) in [7, 11) is 0. The van der Waals surface area contributed by atoms with Crippen LogP contribution in [0, 0.1) is 17.8 Å². The molecule has 2 fully saturated rings. The van der Waals surface area contributed by atoms with Crippen molar-refractivity contribution in [2.45, 2.75) is 45.4 Å². The lowest BCUT2D eigenvalue weighted by atomic mass is 9.80. The van der Waals surface area contributed by atoms with Gasteiger partial charge in [-0.05, 0) is 37.0 Å². The van der Waals surface area contributed by atoms with Gasteiger partial charge in [0.1, 0.15) is 6.54 Å². The van der Waals surface area contributed by atoms with Crippen LogP contribution < -0.4 is 5.32 Å². The van der Waals surface area contributed by atoms with Crippen LogP contribution in [0.3, 0.4) is 0 Å². The average molecular weight is 282 g/mol. The fraction of sp³-hybridized carbons (Fsp3) is 0.867. The van der Waals surface area contributed by atoms with E-state index in [2.05, 4.69) is 12.2 Å². The Morgan fingerprint density at radius 3 is 2.50 bits per heavy atom. The van der Waals surface area contributed by atoms with Gasteiger partial charge in [-0.15, -0.1) is 0 Å². The Morgan fingerprint density at radius 1 is 1.20 bits per heavy atom. The van der Waals surface area contributed by atoms with E-state index in [-0.39, 0.29) is 12.6 Å². The van der Waals surface area contributed by atoms with E-state index in [1.54, 1.807) is 0 Å². The molecule has 2 aliphatic rings. The molecule has 20 heavy (non-hydrogen) atoms. The molecule has 0 aromatic heterocycles. The molecule has 2 unspecified atom stereocenters. The molecule has 2 amide bonds. The Kier molecular flexibility index (Phi) is 5.26. The van der Waals surface area contributed by atoms with Gasteiger partial charge in [-0.2, -0.15) is 0 Å². The summed E-state index contributed by atoms with van der Waals surface area (Å²) in [6, 6.07) is -0.211. The van der Waals surface area contributed by atoms with E-state index in [0.717, 1.165) is 12.8 Å². The lowest BCUT2D eigenvalue weighted by Crippen LogP contribution is -2.45. The van der Waals surface area contributed by atoms with Crippen LogP contribution in [-0.2, 0) is 4.79 Å². The first-order chi connectivity index (χ1) is 9.56. The molecule has 5 nitrogen and oxygen atoms in total. The molecule has 2 atom stereocenters. The summed E-state index contributed by atoms with van der Waals surface area (Å²) in [5.41, 5.74) is 0. The Labute approximate surface area is 120 Å². The predicted octanol–water partition coefficient (Wildman–Crippen LogP) is 2.32. The van der Waals surface area contributed by atoms with Crippen molar-refractivity contribution in [2.24, 2.45) is 17.8 Å². The summed E-state index contributed by atoms with van der Waals surface area (Å²) in [6.45, 7) is 3.32. The van der Waals surface area contributed by atoms with Crippen molar-refractivity contribution in [1.82, 2.24) is 10.2 Å². The third kappa shape index (κ3) is 4.69. The minimum absolute atomic E-state index is 0.192. The van der Waals surface area contributed by atoms with Gasteiger partial charge in [-0.3, -0.25) is 4.79 Å². The fourth-order valence-electron chi connectivity index (χ4n) is 3.02. The second kappa shape index (κ2) is 6.95. The molecule has 2 N–H and O–H groups in total. The van der Waals surface area contributed by atoms with E-state index in [1.165, 1.54) is 30.6 Å². The zero-order valence-electron chi connectivity index (χ0n) is 12.3. The van der Waals surface area contributed by atoms with Crippen molar-refractivity contribution in [3.05, 3.63) is 0 Å². The molecule has 0 spiro atoms. The van der Waals surface area contributed by atoms with Crippen molar-refractivity contribution in [2.75, 3.05) is 19.6 Å². The SMILES string of the molecule is CC1CCCCC1CNC(=O)N(CC(=O)O)CC1CC1. The topological polar surface area (TPSA) is 69.6 Å². The first-order valence-corrected chi connectivity index (χ1v) is 7.81. The lowest BCUT2D eigenvalue weighted by molar-refractivity contribution is -0.137.